The Bertz CT molecular complexity index is 1380. The first-order valence-electron chi connectivity index (χ1n) is 15.5. The van der Waals surface area contributed by atoms with Crippen LogP contribution < -0.4 is 16.0 Å². The molecule has 43 heavy (non-hydrogen) atoms. The quantitative estimate of drug-likeness (QED) is 0.231. The van der Waals surface area contributed by atoms with Crippen molar-refractivity contribution in [3.05, 3.63) is 76.8 Å². The number of carbonyl (C=O) groups excluding carboxylic acids is 3. The minimum Gasteiger partial charge on any atom is -0.350 e. The number of hydrogen-bond donors (Lipinski definition) is 3. The molecule has 3 N–H and O–H groups in total. The Hall–Kier alpha value is -3.56. The van der Waals surface area contributed by atoms with Crippen molar-refractivity contribution in [2.45, 2.75) is 77.3 Å². The molecule has 2 heterocycles. The van der Waals surface area contributed by atoms with E-state index in [2.05, 4.69) is 46.8 Å². The molecule has 4 rings (SSSR count). The van der Waals surface area contributed by atoms with Crippen LogP contribution in [0.5, 0.6) is 0 Å². The molecule has 0 radical (unpaired) electrons. The van der Waals surface area contributed by atoms with Crippen molar-refractivity contribution in [2.75, 3.05) is 26.2 Å². The number of likely N-dealkylation sites (tertiary alicyclic amines) is 1. The third-order valence-electron chi connectivity index (χ3n) is 7.75. The van der Waals surface area contributed by atoms with Crippen molar-refractivity contribution in [2.24, 2.45) is 0 Å². The molecule has 1 aromatic heterocycles. The highest BCUT2D eigenvalue weighted by Gasteiger charge is 2.25. The maximum absolute atomic E-state index is 13.7. The third-order valence-corrected chi connectivity index (χ3v) is 8.79. The van der Waals surface area contributed by atoms with Gasteiger partial charge in [0.05, 0.1) is 21.3 Å². The average Bonchev–Trinajstić information content (AvgIpc) is 3.42. The van der Waals surface area contributed by atoms with Gasteiger partial charge in [-0.15, -0.1) is 11.3 Å². The molecule has 0 saturated carbocycles. The summed E-state index contributed by atoms with van der Waals surface area (Å²) in [7, 11) is 0. The van der Waals surface area contributed by atoms with E-state index in [9.17, 15) is 14.4 Å². The summed E-state index contributed by atoms with van der Waals surface area (Å²) in [6.07, 6.45) is 8.28. The van der Waals surface area contributed by atoms with Gasteiger partial charge in [-0.1, -0.05) is 69.7 Å². The van der Waals surface area contributed by atoms with E-state index in [-0.39, 0.29) is 43.1 Å². The number of piperidine rings is 1. The summed E-state index contributed by atoms with van der Waals surface area (Å²) in [5.41, 5.74) is 3.18. The van der Waals surface area contributed by atoms with E-state index in [1.54, 1.807) is 24.3 Å². The SMILES string of the molecule is CCC(=O)N[C@@H](Cc1nc2ccc(C(C)C)cc2s1)C(=O)N[C@H](CNC(=O)/C=C/CN1CCCCC1)Cc1ccccc1. The Kier molecular flexibility index (Phi) is 12.3. The monoisotopic (exact) mass is 603 g/mol. The van der Waals surface area contributed by atoms with E-state index in [0.717, 1.165) is 40.4 Å². The molecule has 1 aliphatic heterocycles. The van der Waals surface area contributed by atoms with Crippen LogP contribution in [0.4, 0.5) is 0 Å². The molecule has 230 valence electrons. The number of amides is 3. The molecule has 0 unspecified atom stereocenters. The number of fused-ring (bicyclic) bond motifs is 1. The van der Waals surface area contributed by atoms with Gasteiger partial charge >= 0.3 is 0 Å². The lowest BCUT2D eigenvalue weighted by atomic mass is 10.0. The number of aromatic nitrogens is 1. The van der Waals surface area contributed by atoms with Crippen LogP contribution in [0.25, 0.3) is 10.2 Å². The van der Waals surface area contributed by atoms with Crippen LogP contribution in [0.2, 0.25) is 0 Å². The van der Waals surface area contributed by atoms with E-state index in [1.165, 1.54) is 24.8 Å². The average molecular weight is 604 g/mol. The normalized spacial score (nSPS) is 15.4. The van der Waals surface area contributed by atoms with Gasteiger partial charge in [0.2, 0.25) is 17.7 Å². The summed E-state index contributed by atoms with van der Waals surface area (Å²) in [5, 5.41) is 9.76. The molecule has 8 nitrogen and oxygen atoms in total. The first kappa shape index (κ1) is 32.4. The number of hydrogen-bond acceptors (Lipinski definition) is 6. The van der Waals surface area contributed by atoms with Gasteiger partial charge in [0, 0.05) is 32.0 Å². The maximum atomic E-state index is 13.7. The zero-order valence-corrected chi connectivity index (χ0v) is 26.4. The van der Waals surface area contributed by atoms with Crippen LogP contribution in [0, 0.1) is 0 Å². The van der Waals surface area contributed by atoms with Gasteiger partial charge in [-0.05, 0) is 61.5 Å². The Balaban J connectivity index is 1.43. The predicted molar refractivity (Wildman–Crippen MR) is 174 cm³/mol. The summed E-state index contributed by atoms with van der Waals surface area (Å²) in [6, 6.07) is 15.0. The van der Waals surface area contributed by atoms with Gasteiger partial charge in [-0.2, -0.15) is 0 Å². The Morgan fingerprint density at radius 2 is 1.77 bits per heavy atom. The van der Waals surface area contributed by atoms with Gasteiger partial charge in [-0.25, -0.2) is 4.98 Å². The lowest BCUT2D eigenvalue weighted by Crippen LogP contribution is -2.53. The van der Waals surface area contributed by atoms with Crippen molar-refractivity contribution in [1.82, 2.24) is 25.8 Å². The van der Waals surface area contributed by atoms with Crippen LogP contribution in [-0.4, -0.2) is 65.9 Å². The van der Waals surface area contributed by atoms with E-state index in [0.29, 0.717) is 12.3 Å². The third kappa shape index (κ3) is 10.3. The van der Waals surface area contributed by atoms with Gasteiger partial charge in [-0.3, -0.25) is 19.3 Å². The number of nitrogens with one attached hydrogen (secondary N) is 3. The summed E-state index contributed by atoms with van der Waals surface area (Å²) in [6.45, 7) is 9.25. The maximum Gasteiger partial charge on any atom is 0.243 e. The molecule has 9 heteroatoms. The number of benzene rings is 2. The van der Waals surface area contributed by atoms with E-state index in [4.69, 9.17) is 4.98 Å². The molecule has 3 amide bonds. The highest BCUT2D eigenvalue weighted by Crippen LogP contribution is 2.27. The van der Waals surface area contributed by atoms with Gasteiger partial charge in [0.1, 0.15) is 6.04 Å². The molecule has 1 aliphatic rings. The van der Waals surface area contributed by atoms with Crippen molar-refractivity contribution in [1.29, 1.82) is 0 Å². The van der Waals surface area contributed by atoms with Crippen molar-refractivity contribution >= 4 is 39.3 Å². The summed E-state index contributed by atoms with van der Waals surface area (Å²) in [5.74, 6) is -0.269. The van der Waals surface area contributed by atoms with E-state index in [1.807, 2.05) is 42.5 Å². The number of nitrogens with zero attached hydrogens (tertiary/aromatic N) is 2. The highest BCUT2D eigenvalue weighted by molar-refractivity contribution is 7.18. The van der Waals surface area contributed by atoms with Crippen LogP contribution in [0.1, 0.15) is 68.5 Å². The Morgan fingerprint density at radius 1 is 1.00 bits per heavy atom. The smallest absolute Gasteiger partial charge is 0.243 e. The number of thiazole rings is 1. The van der Waals surface area contributed by atoms with Crippen LogP contribution >= 0.6 is 11.3 Å². The lowest BCUT2D eigenvalue weighted by Gasteiger charge is -2.25. The lowest BCUT2D eigenvalue weighted by molar-refractivity contribution is -0.129. The molecule has 0 aliphatic carbocycles. The summed E-state index contributed by atoms with van der Waals surface area (Å²) < 4.78 is 1.07. The van der Waals surface area contributed by atoms with E-state index < -0.39 is 6.04 Å². The molecular formula is C34H45N5O3S. The van der Waals surface area contributed by atoms with Crippen molar-refractivity contribution < 1.29 is 14.4 Å². The molecule has 0 spiro atoms. The van der Waals surface area contributed by atoms with Crippen molar-refractivity contribution in [3.63, 3.8) is 0 Å². The number of carbonyl (C=O) groups is 3. The zero-order chi connectivity index (χ0) is 30.6. The van der Waals surface area contributed by atoms with Crippen molar-refractivity contribution in [3.8, 4) is 0 Å². The second-order valence-corrected chi connectivity index (χ2v) is 12.7. The molecule has 2 aromatic carbocycles. The van der Waals surface area contributed by atoms with Crippen LogP contribution in [0.3, 0.4) is 0 Å². The second-order valence-electron chi connectivity index (χ2n) is 11.6. The molecule has 0 bridgehead atoms. The predicted octanol–water partition coefficient (Wildman–Crippen LogP) is 4.74. The first-order valence-corrected chi connectivity index (χ1v) is 16.3. The fourth-order valence-corrected chi connectivity index (χ4v) is 6.28. The molecule has 1 saturated heterocycles. The zero-order valence-electron chi connectivity index (χ0n) is 25.6. The first-order chi connectivity index (χ1) is 20.8. The van der Waals surface area contributed by atoms with Crippen LogP contribution in [-0.2, 0) is 27.2 Å². The minimum atomic E-state index is -0.781. The molecular weight excluding hydrogens is 558 g/mol. The Labute approximate surface area is 259 Å². The molecule has 1 fully saturated rings. The number of rotatable bonds is 14. The fourth-order valence-electron chi connectivity index (χ4n) is 5.22. The Morgan fingerprint density at radius 3 is 2.49 bits per heavy atom. The van der Waals surface area contributed by atoms with E-state index >= 15 is 0 Å². The summed E-state index contributed by atoms with van der Waals surface area (Å²) >= 11 is 1.55. The van der Waals surface area contributed by atoms with Gasteiger partial charge in [0.25, 0.3) is 0 Å². The van der Waals surface area contributed by atoms with Crippen LogP contribution in [0.15, 0.2) is 60.7 Å². The minimum absolute atomic E-state index is 0.185. The second kappa shape index (κ2) is 16.3. The van der Waals surface area contributed by atoms with Gasteiger partial charge in [0.15, 0.2) is 0 Å². The largest absolute Gasteiger partial charge is 0.350 e. The molecule has 3 aromatic rings. The highest BCUT2D eigenvalue weighted by atomic mass is 32.1. The molecule has 2 atom stereocenters. The van der Waals surface area contributed by atoms with Gasteiger partial charge < -0.3 is 16.0 Å². The fraction of sp³-hybridized carbons (Fsp3) is 0.471. The standard InChI is InChI=1S/C34H45N5O3S/c1-4-31(40)37-29(22-33-38-28-16-15-26(24(2)3)21-30(28)43-33)34(42)36-27(20-25-12-7-5-8-13-25)23-35-32(41)14-11-19-39-17-9-6-10-18-39/h5,7-8,11-16,21,24,27,29H,4,6,9-10,17-20,22-23H2,1-3H3,(H,35,41)(H,36,42)(H,37,40)/b14-11+/t27-,29-/m0/s1. The summed E-state index contributed by atoms with van der Waals surface area (Å²) in [4.78, 5) is 45.9. The topological polar surface area (TPSA) is 103 Å².